The SMILES string of the molecule is Cc1cccc(-n2c(N)c3c4c(sc3nc2=S)CCCCCC4)c1. The van der Waals surface area contributed by atoms with Gasteiger partial charge in [-0.3, -0.25) is 4.57 Å². The molecular formula is C19H21N3S2. The van der Waals surface area contributed by atoms with Crippen LogP contribution < -0.4 is 5.73 Å². The predicted molar refractivity (Wildman–Crippen MR) is 105 cm³/mol. The fraction of sp³-hybridized carbons (Fsp3) is 0.368. The van der Waals surface area contributed by atoms with Crippen LogP contribution in [0.5, 0.6) is 0 Å². The van der Waals surface area contributed by atoms with Crippen LogP contribution in [0.2, 0.25) is 0 Å². The summed E-state index contributed by atoms with van der Waals surface area (Å²) < 4.78 is 2.47. The van der Waals surface area contributed by atoms with Crippen molar-refractivity contribution in [1.29, 1.82) is 0 Å². The minimum absolute atomic E-state index is 0.542. The second-order valence-electron chi connectivity index (χ2n) is 6.55. The average molecular weight is 356 g/mol. The molecule has 0 saturated carbocycles. The molecular weight excluding hydrogens is 334 g/mol. The molecule has 0 saturated heterocycles. The predicted octanol–water partition coefficient (Wildman–Crippen LogP) is 5.37. The summed E-state index contributed by atoms with van der Waals surface area (Å²) in [5, 5.41) is 1.13. The van der Waals surface area contributed by atoms with Gasteiger partial charge in [-0.05, 0) is 68.1 Å². The van der Waals surface area contributed by atoms with Crippen LogP contribution in [0.3, 0.4) is 0 Å². The Balaban J connectivity index is 1.99. The van der Waals surface area contributed by atoms with Crippen molar-refractivity contribution in [3.05, 3.63) is 45.0 Å². The van der Waals surface area contributed by atoms with Crippen LogP contribution >= 0.6 is 23.6 Å². The molecule has 3 aromatic rings. The molecule has 2 aromatic heterocycles. The Kier molecular flexibility index (Phi) is 4.14. The Hall–Kier alpha value is -1.72. The van der Waals surface area contributed by atoms with Crippen LogP contribution in [0.4, 0.5) is 5.82 Å². The van der Waals surface area contributed by atoms with Gasteiger partial charge < -0.3 is 5.73 Å². The largest absolute Gasteiger partial charge is 0.384 e. The van der Waals surface area contributed by atoms with Crippen LogP contribution in [0.25, 0.3) is 15.9 Å². The zero-order valence-electron chi connectivity index (χ0n) is 13.8. The van der Waals surface area contributed by atoms with Crippen molar-refractivity contribution in [2.45, 2.75) is 45.4 Å². The fourth-order valence-electron chi connectivity index (χ4n) is 3.62. The molecule has 1 aliphatic rings. The van der Waals surface area contributed by atoms with Crippen LogP contribution in [-0.4, -0.2) is 9.55 Å². The first kappa shape index (κ1) is 15.8. The van der Waals surface area contributed by atoms with E-state index in [-0.39, 0.29) is 0 Å². The number of hydrogen-bond acceptors (Lipinski definition) is 4. The van der Waals surface area contributed by atoms with Crippen LogP contribution in [-0.2, 0) is 12.8 Å². The third-order valence-corrected chi connectivity index (χ3v) is 6.26. The number of hydrogen-bond donors (Lipinski definition) is 1. The van der Waals surface area contributed by atoms with E-state index in [1.165, 1.54) is 41.7 Å². The summed E-state index contributed by atoms with van der Waals surface area (Å²) in [6.45, 7) is 2.08. The third-order valence-electron chi connectivity index (χ3n) is 4.80. The zero-order chi connectivity index (χ0) is 16.7. The highest BCUT2D eigenvalue weighted by Crippen LogP contribution is 2.38. The van der Waals surface area contributed by atoms with Crippen LogP contribution in [0.1, 0.15) is 41.7 Å². The lowest BCUT2D eigenvalue weighted by Gasteiger charge is -2.14. The van der Waals surface area contributed by atoms with Crippen molar-refractivity contribution in [1.82, 2.24) is 9.55 Å². The van der Waals surface area contributed by atoms with E-state index in [1.54, 1.807) is 11.3 Å². The molecule has 4 rings (SSSR count). The van der Waals surface area contributed by atoms with Crippen molar-refractivity contribution in [2.24, 2.45) is 0 Å². The van der Waals surface area contributed by atoms with Gasteiger partial charge in [-0.1, -0.05) is 25.0 Å². The minimum Gasteiger partial charge on any atom is -0.384 e. The monoisotopic (exact) mass is 355 g/mol. The molecule has 1 aromatic carbocycles. The standard InChI is InChI=1S/C19H21N3S2/c1-12-7-6-8-13(11-12)22-17(20)16-14-9-4-2-3-5-10-15(14)24-18(16)21-19(22)23/h6-8,11H,2-5,9-10,20H2,1H3. The van der Waals surface area contributed by atoms with E-state index < -0.39 is 0 Å². The Bertz CT molecular complexity index is 969. The zero-order valence-corrected chi connectivity index (χ0v) is 15.5. The first-order valence-corrected chi connectivity index (χ1v) is 9.77. The molecule has 124 valence electrons. The maximum Gasteiger partial charge on any atom is 0.207 e. The Labute approximate surface area is 151 Å². The molecule has 0 amide bonds. The van der Waals surface area contributed by atoms with Gasteiger partial charge in [-0.2, -0.15) is 0 Å². The normalized spacial score (nSPS) is 15.0. The van der Waals surface area contributed by atoms with Gasteiger partial charge in [-0.25, -0.2) is 4.98 Å². The summed E-state index contributed by atoms with van der Waals surface area (Å²) in [5.74, 6) is 0.744. The minimum atomic E-state index is 0.542. The molecule has 2 heterocycles. The molecule has 0 spiro atoms. The Morgan fingerprint density at radius 2 is 1.96 bits per heavy atom. The van der Waals surface area contributed by atoms with Gasteiger partial charge in [0.2, 0.25) is 4.77 Å². The maximum absolute atomic E-state index is 6.62. The molecule has 24 heavy (non-hydrogen) atoms. The lowest BCUT2D eigenvalue weighted by Crippen LogP contribution is -2.08. The average Bonchev–Trinajstić information content (AvgIpc) is 2.84. The quantitative estimate of drug-likeness (QED) is 0.597. The molecule has 1 aliphatic carbocycles. The van der Waals surface area contributed by atoms with Gasteiger partial charge in [0, 0.05) is 4.88 Å². The van der Waals surface area contributed by atoms with Gasteiger partial charge in [-0.15, -0.1) is 11.3 Å². The first-order valence-electron chi connectivity index (χ1n) is 8.55. The van der Waals surface area contributed by atoms with Crippen LogP contribution in [0.15, 0.2) is 24.3 Å². The van der Waals surface area contributed by atoms with Gasteiger partial charge in [0.1, 0.15) is 10.6 Å². The number of benzene rings is 1. The van der Waals surface area contributed by atoms with E-state index in [0.29, 0.717) is 4.77 Å². The molecule has 0 unspecified atom stereocenters. The highest BCUT2D eigenvalue weighted by molar-refractivity contribution is 7.71. The number of fused-ring (bicyclic) bond motifs is 3. The maximum atomic E-state index is 6.62. The highest BCUT2D eigenvalue weighted by Gasteiger charge is 2.19. The molecule has 0 bridgehead atoms. The smallest absolute Gasteiger partial charge is 0.207 e. The van der Waals surface area contributed by atoms with E-state index in [1.807, 2.05) is 16.7 Å². The third kappa shape index (κ3) is 2.66. The molecule has 0 radical (unpaired) electrons. The summed E-state index contributed by atoms with van der Waals surface area (Å²) >= 11 is 7.35. The number of nitrogens with zero attached hydrogens (tertiary/aromatic N) is 2. The van der Waals surface area contributed by atoms with E-state index in [9.17, 15) is 0 Å². The van der Waals surface area contributed by atoms with Crippen molar-refractivity contribution < 1.29 is 0 Å². The number of aromatic nitrogens is 2. The number of anilines is 1. The Morgan fingerprint density at radius 1 is 1.17 bits per heavy atom. The van der Waals surface area contributed by atoms with Crippen molar-refractivity contribution in [3.8, 4) is 5.69 Å². The van der Waals surface area contributed by atoms with Crippen LogP contribution in [0, 0.1) is 11.7 Å². The van der Waals surface area contributed by atoms with Gasteiger partial charge in [0.05, 0.1) is 11.1 Å². The molecule has 0 atom stereocenters. The molecule has 0 aliphatic heterocycles. The van der Waals surface area contributed by atoms with Gasteiger partial charge >= 0.3 is 0 Å². The summed E-state index contributed by atoms with van der Waals surface area (Å²) in [6.07, 6.45) is 7.38. The number of nitrogen functional groups attached to an aromatic ring is 1. The number of aryl methyl sites for hydroxylation is 3. The van der Waals surface area contributed by atoms with Crippen molar-refractivity contribution in [3.63, 3.8) is 0 Å². The van der Waals surface area contributed by atoms with E-state index >= 15 is 0 Å². The van der Waals surface area contributed by atoms with Gasteiger partial charge in [0.15, 0.2) is 0 Å². The molecule has 0 fully saturated rings. The number of rotatable bonds is 1. The van der Waals surface area contributed by atoms with E-state index in [4.69, 9.17) is 22.9 Å². The second-order valence-corrected chi connectivity index (χ2v) is 8.00. The first-order chi connectivity index (χ1) is 11.6. The summed E-state index contributed by atoms with van der Waals surface area (Å²) in [5.41, 5.74) is 10.2. The van der Waals surface area contributed by atoms with Crippen molar-refractivity contribution in [2.75, 3.05) is 5.73 Å². The summed E-state index contributed by atoms with van der Waals surface area (Å²) in [4.78, 5) is 7.19. The lowest BCUT2D eigenvalue weighted by molar-refractivity contribution is 0.624. The fourth-order valence-corrected chi connectivity index (χ4v) is 5.24. The van der Waals surface area contributed by atoms with Crippen molar-refractivity contribution >= 4 is 39.6 Å². The van der Waals surface area contributed by atoms with E-state index in [0.717, 1.165) is 34.6 Å². The molecule has 3 nitrogen and oxygen atoms in total. The lowest BCUT2D eigenvalue weighted by atomic mass is 9.98. The molecule has 5 heteroatoms. The number of nitrogens with two attached hydrogens (primary N) is 1. The second kappa shape index (κ2) is 6.30. The number of thiophene rings is 1. The summed E-state index contributed by atoms with van der Waals surface area (Å²) in [6, 6.07) is 8.27. The highest BCUT2D eigenvalue weighted by atomic mass is 32.1. The molecule has 2 N–H and O–H groups in total. The van der Waals surface area contributed by atoms with Gasteiger partial charge in [0.25, 0.3) is 0 Å². The summed E-state index contributed by atoms with van der Waals surface area (Å²) in [7, 11) is 0. The van der Waals surface area contributed by atoms with E-state index in [2.05, 4.69) is 19.1 Å². The Morgan fingerprint density at radius 3 is 2.75 bits per heavy atom. The topological polar surface area (TPSA) is 43.8 Å².